The highest BCUT2D eigenvalue weighted by atomic mass is 32.2. The molecule has 0 radical (unpaired) electrons. The van der Waals surface area contributed by atoms with Crippen LogP contribution in [0.25, 0.3) is 0 Å². The number of hydrogen-bond donors (Lipinski definition) is 1. The summed E-state index contributed by atoms with van der Waals surface area (Å²) in [4.78, 5) is 4.21. The molecule has 0 spiro atoms. The summed E-state index contributed by atoms with van der Waals surface area (Å²) in [6, 6.07) is 0. The number of aliphatic hydroxyl groups excluding tert-OH is 1. The fourth-order valence-electron chi connectivity index (χ4n) is 1.48. The minimum absolute atomic E-state index is 0.0269. The number of nitrogens with zero attached hydrogens (tertiary/aromatic N) is 1. The van der Waals surface area contributed by atoms with Gasteiger partial charge in [-0.05, 0) is 18.6 Å². The SMILES string of the molecule is OCc1coc(C2CCCCS2)n1. The molecule has 1 aliphatic heterocycles. The Morgan fingerprint density at radius 2 is 2.54 bits per heavy atom. The molecular formula is C9H13NO2S. The maximum Gasteiger partial charge on any atom is 0.207 e. The van der Waals surface area contributed by atoms with Crippen LogP contribution in [0.5, 0.6) is 0 Å². The van der Waals surface area contributed by atoms with Crippen LogP contribution >= 0.6 is 11.8 Å². The molecule has 0 amide bonds. The second-order valence-electron chi connectivity index (χ2n) is 3.19. The van der Waals surface area contributed by atoms with Crippen molar-refractivity contribution in [1.82, 2.24) is 4.98 Å². The van der Waals surface area contributed by atoms with Crippen molar-refractivity contribution in [3.63, 3.8) is 0 Å². The Balaban J connectivity index is 2.05. The molecule has 1 atom stereocenters. The van der Waals surface area contributed by atoms with E-state index in [0.717, 1.165) is 12.3 Å². The van der Waals surface area contributed by atoms with Crippen LogP contribution in [0.2, 0.25) is 0 Å². The van der Waals surface area contributed by atoms with Gasteiger partial charge in [-0.1, -0.05) is 6.42 Å². The fraction of sp³-hybridized carbons (Fsp3) is 0.667. The molecule has 3 nitrogen and oxygen atoms in total. The average Bonchev–Trinajstić information content (AvgIpc) is 2.67. The normalized spacial score (nSPS) is 23.3. The van der Waals surface area contributed by atoms with Gasteiger partial charge in [-0.2, -0.15) is 0 Å². The predicted octanol–water partition coefficient (Wildman–Crippen LogP) is 2.13. The van der Waals surface area contributed by atoms with Crippen LogP contribution in [0.4, 0.5) is 0 Å². The van der Waals surface area contributed by atoms with Crippen LogP contribution in [0.15, 0.2) is 10.7 Å². The van der Waals surface area contributed by atoms with Gasteiger partial charge in [0.15, 0.2) is 0 Å². The van der Waals surface area contributed by atoms with Crippen LogP contribution in [0, 0.1) is 0 Å². The van der Waals surface area contributed by atoms with Gasteiger partial charge in [0, 0.05) is 0 Å². The first-order chi connectivity index (χ1) is 6.40. The summed E-state index contributed by atoms with van der Waals surface area (Å²) in [7, 11) is 0. The summed E-state index contributed by atoms with van der Waals surface area (Å²) < 4.78 is 5.30. The molecule has 0 aromatic carbocycles. The Morgan fingerprint density at radius 1 is 1.62 bits per heavy atom. The van der Waals surface area contributed by atoms with Crippen molar-refractivity contribution in [2.45, 2.75) is 31.1 Å². The maximum atomic E-state index is 8.82. The summed E-state index contributed by atoms with van der Waals surface area (Å²) >= 11 is 1.90. The van der Waals surface area contributed by atoms with Crippen molar-refractivity contribution in [2.24, 2.45) is 0 Å². The quantitative estimate of drug-likeness (QED) is 0.792. The third-order valence-electron chi connectivity index (χ3n) is 2.19. The molecule has 13 heavy (non-hydrogen) atoms. The Hall–Kier alpha value is -0.480. The lowest BCUT2D eigenvalue weighted by molar-refractivity contribution is 0.276. The van der Waals surface area contributed by atoms with Gasteiger partial charge in [-0.25, -0.2) is 4.98 Å². The van der Waals surface area contributed by atoms with Crippen LogP contribution in [0.3, 0.4) is 0 Å². The second kappa shape index (κ2) is 4.15. The second-order valence-corrected chi connectivity index (χ2v) is 4.50. The van der Waals surface area contributed by atoms with E-state index >= 15 is 0 Å². The fourth-order valence-corrected chi connectivity index (χ4v) is 2.72. The highest BCUT2D eigenvalue weighted by Gasteiger charge is 2.20. The molecule has 2 rings (SSSR count). The minimum atomic E-state index is -0.0269. The zero-order valence-electron chi connectivity index (χ0n) is 7.40. The molecule has 1 aromatic heterocycles. The Morgan fingerprint density at radius 3 is 3.15 bits per heavy atom. The first-order valence-corrected chi connectivity index (χ1v) is 5.62. The van der Waals surface area contributed by atoms with Crippen molar-refractivity contribution >= 4 is 11.8 Å². The highest BCUT2D eigenvalue weighted by molar-refractivity contribution is 7.99. The largest absolute Gasteiger partial charge is 0.447 e. The van der Waals surface area contributed by atoms with E-state index in [4.69, 9.17) is 9.52 Å². The molecule has 2 heterocycles. The summed E-state index contributed by atoms with van der Waals surface area (Å²) in [6.07, 6.45) is 5.25. The number of oxazole rings is 1. The Labute approximate surface area is 81.5 Å². The molecule has 1 unspecified atom stereocenters. The van der Waals surface area contributed by atoms with Crippen LogP contribution in [-0.4, -0.2) is 15.8 Å². The van der Waals surface area contributed by atoms with Crippen molar-refractivity contribution in [1.29, 1.82) is 0 Å². The van der Waals surface area contributed by atoms with Crippen LogP contribution in [-0.2, 0) is 6.61 Å². The minimum Gasteiger partial charge on any atom is -0.447 e. The van der Waals surface area contributed by atoms with Gasteiger partial charge in [0.1, 0.15) is 12.0 Å². The maximum absolute atomic E-state index is 8.82. The van der Waals surface area contributed by atoms with Crippen molar-refractivity contribution in [3.8, 4) is 0 Å². The molecule has 0 saturated carbocycles. The first-order valence-electron chi connectivity index (χ1n) is 4.57. The predicted molar refractivity (Wildman–Crippen MR) is 51.5 cm³/mol. The smallest absolute Gasteiger partial charge is 0.207 e. The third kappa shape index (κ3) is 2.06. The molecule has 4 heteroatoms. The van der Waals surface area contributed by atoms with E-state index in [0.29, 0.717) is 10.9 Å². The van der Waals surface area contributed by atoms with Gasteiger partial charge in [0.05, 0.1) is 11.9 Å². The zero-order chi connectivity index (χ0) is 9.10. The summed E-state index contributed by atoms with van der Waals surface area (Å²) in [6.45, 7) is -0.0269. The number of thioether (sulfide) groups is 1. The van der Waals surface area contributed by atoms with Gasteiger partial charge in [-0.3, -0.25) is 0 Å². The van der Waals surface area contributed by atoms with E-state index in [1.807, 2.05) is 11.8 Å². The summed E-state index contributed by atoms with van der Waals surface area (Å²) in [5.74, 6) is 1.98. The summed E-state index contributed by atoms with van der Waals surface area (Å²) in [5, 5.41) is 9.23. The Bertz CT molecular complexity index is 268. The molecule has 0 bridgehead atoms. The first kappa shape index (κ1) is 9.09. The van der Waals surface area contributed by atoms with Crippen LogP contribution < -0.4 is 0 Å². The van der Waals surface area contributed by atoms with Gasteiger partial charge in [-0.15, -0.1) is 11.8 Å². The number of rotatable bonds is 2. The van der Waals surface area contributed by atoms with Gasteiger partial charge in [0.2, 0.25) is 5.89 Å². The van der Waals surface area contributed by atoms with E-state index in [2.05, 4.69) is 4.98 Å². The monoisotopic (exact) mass is 199 g/mol. The molecule has 0 aliphatic carbocycles. The molecule has 1 aromatic rings. The van der Waals surface area contributed by atoms with E-state index in [9.17, 15) is 0 Å². The number of aliphatic hydroxyl groups is 1. The van der Waals surface area contributed by atoms with Crippen LogP contribution in [0.1, 0.15) is 36.1 Å². The van der Waals surface area contributed by atoms with Gasteiger partial charge >= 0.3 is 0 Å². The van der Waals surface area contributed by atoms with Crippen molar-refractivity contribution < 1.29 is 9.52 Å². The molecular weight excluding hydrogens is 186 g/mol. The summed E-state index contributed by atoms with van der Waals surface area (Å²) in [5.41, 5.74) is 0.640. The molecule has 1 aliphatic rings. The number of hydrogen-bond acceptors (Lipinski definition) is 4. The van der Waals surface area contributed by atoms with E-state index < -0.39 is 0 Å². The van der Waals surface area contributed by atoms with Gasteiger partial charge < -0.3 is 9.52 Å². The Kier molecular flexibility index (Phi) is 2.90. The number of aromatic nitrogens is 1. The molecule has 1 saturated heterocycles. The molecule has 1 fully saturated rings. The standard InChI is InChI=1S/C9H13NO2S/c11-5-7-6-12-9(10-7)8-3-1-2-4-13-8/h6,8,11H,1-5H2. The third-order valence-corrected chi connectivity index (χ3v) is 3.55. The van der Waals surface area contributed by atoms with Gasteiger partial charge in [0.25, 0.3) is 0 Å². The molecule has 1 N–H and O–H groups in total. The lowest BCUT2D eigenvalue weighted by atomic mass is 10.2. The van der Waals surface area contributed by atoms with Crippen molar-refractivity contribution in [2.75, 3.05) is 5.75 Å². The van der Waals surface area contributed by atoms with E-state index in [-0.39, 0.29) is 6.61 Å². The van der Waals surface area contributed by atoms with E-state index in [1.54, 1.807) is 6.26 Å². The molecule has 72 valence electrons. The highest BCUT2D eigenvalue weighted by Crippen LogP contribution is 2.37. The lowest BCUT2D eigenvalue weighted by Gasteiger charge is -2.17. The lowest BCUT2D eigenvalue weighted by Crippen LogP contribution is -2.02. The topological polar surface area (TPSA) is 46.3 Å². The average molecular weight is 199 g/mol. The van der Waals surface area contributed by atoms with Crippen molar-refractivity contribution in [3.05, 3.63) is 17.8 Å². The zero-order valence-corrected chi connectivity index (χ0v) is 8.22. The van der Waals surface area contributed by atoms with E-state index in [1.165, 1.54) is 18.6 Å².